The molecule has 3 aliphatic heterocycles. The van der Waals surface area contributed by atoms with Crippen molar-refractivity contribution in [3.63, 3.8) is 0 Å². The van der Waals surface area contributed by atoms with Crippen LogP contribution in [0.4, 0.5) is 0 Å². The van der Waals surface area contributed by atoms with Crippen molar-refractivity contribution in [2.24, 2.45) is 11.8 Å². The van der Waals surface area contributed by atoms with Gasteiger partial charge < -0.3 is 14.2 Å². The van der Waals surface area contributed by atoms with Crippen molar-refractivity contribution in [2.75, 3.05) is 25.7 Å². The van der Waals surface area contributed by atoms with Crippen molar-refractivity contribution in [3.05, 3.63) is 12.2 Å². The third kappa shape index (κ3) is 3.98. The largest absolute Gasteiger partial charge is 0.357 e. The van der Waals surface area contributed by atoms with E-state index >= 15 is 0 Å². The monoisotopic (exact) mass is 412 g/mol. The summed E-state index contributed by atoms with van der Waals surface area (Å²) in [5, 5.41) is 0. The van der Waals surface area contributed by atoms with Crippen molar-refractivity contribution >= 4 is 20.2 Å². The van der Waals surface area contributed by atoms with Crippen LogP contribution in [-0.4, -0.2) is 72.8 Å². The average Bonchev–Trinajstić information content (AvgIpc) is 3.15. The van der Waals surface area contributed by atoms with E-state index in [-0.39, 0.29) is 25.4 Å². The Bertz CT molecular complexity index is 765. The molecular weight excluding hydrogens is 388 g/mol. The van der Waals surface area contributed by atoms with E-state index < -0.39 is 50.1 Å². The Morgan fingerprint density at radius 3 is 2.04 bits per heavy atom. The predicted octanol–water partition coefficient (Wildman–Crippen LogP) is 0.0285. The lowest BCUT2D eigenvalue weighted by Crippen LogP contribution is -2.49. The molecule has 3 aliphatic rings. The van der Waals surface area contributed by atoms with E-state index in [0.717, 1.165) is 12.5 Å². The Morgan fingerprint density at radius 1 is 0.962 bits per heavy atom. The fourth-order valence-electron chi connectivity index (χ4n) is 3.59. The maximum absolute atomic E-state index is 11.5. The Kier molecular flexibility index (Phi) is 5.28. The second kappa shape index (κ2) is 6.80. The molecule has 3 rings (SSSR count). The summed E-state index contributed by atoms with van der Waals surface area (Å²) in [6.07, 6.45) is 4.00. The first-order chi connectivity index (χ1) is 11.9. The van der Waals surface area contributed by atoms with Gasteiger partial charge in [-0.05, 0) is 19.9 Å². The first-order valence-electron chi connectivity index (χ1n) is 8.28. The highest BCUT2D eigenvalue weighted by Gasteiger charge is 2.63. The number of fused-ring (bicyclic) bond motifs is 2. The van der Waals surface area contributed by atoms with Gasteiger partial charge in [-0.2, -0.15) is 16.8 Å². The zero-order valence-corrected chi connectivity index (χ0v) is 16.7. The lowest BCUT2D eigenvalue weighted by Gasteiger charge is -2.36. The molecule has 9 nitrogen and oxygen atoms in total. The summed E-state index contributed by atoms with van der Waals surface area (Å²) in [4.78, 5) is 0. The zero-order chi connectivity index (χ0) is 19.3. The van der Waals surface area contributed by atoms with Crippen LogP contribution >= 0.6 is 0 Å². The van der Waals surface area contributed by atoms with Crippen LogP contribution in [-0.2, 0) is 42.8 Å². The minimum atomic E-state index is -3.69. The quantitative estimate of drug-likeness (QED) is 0.422. The molecular formula is C15H24O9S2. The first-order valence-corrected chi connectivity index (χ1v) is 11.9. The molecule has 0 aromatic rings. The van der Waals surface area contributed by atoms with Crippen LogP contribution < -0.4 is 0 Å². The molecule has 26 heavy (non-hydrogen) atoms. The van der Waals surface area contributed by atoms with Crippen molar-refractivity contribution in [1.29, 1.82) is 0 Å². The van der Waals surface area contributed by atoms with E-state index in [1.807, 2.05) is 13.8 Å². The SMILES string of the molecule is C[C@H]1OC([C@@]23C=C[C@@H](O2)[C@H](COS(C)(=O)=O)[C@@H]3COS(C)(=O)=O)O[C@@H]1C. The van der Waals surface area contributed by atoms with E-state index in [1.54, 1.807) is 12.2 Å². The normalized spacial score (nSPS) is 40.5. The molecule has 3 heterocycles. The molecule has 0 aromatic heterocycles. The van der Waals surface area contributed by atoms with Crippen LogP contribution in [0.1, 0.15) is 13.8 Å². The van der Waals surface area contributed by atoms with Gasteiger partial charge in [-0.1, -0.05) is 6.08 Å². The van der Waals surface area contributed by atoms with Crippen LogP contribution in [0.15, 0.2) is 12.2 Å². The summed E-state index contributed by atoms with van der Waals surface area (Å²) in [5.41, 5.74) is -1.06. The molecule has 0 aromatic carbocycles. The lowest BCUT2D eigenvalue weighted by molar-refractivity contribution is -0.190. The molecule has 0 aliphatic carbocycles. The summed E-state index contributed by atoms with van der Waals surface area (Å²) in [6.45, 7) is 3.41. The highest BCUT2D eigenvalue weighted by Crippen LogP contribution is 2.52. The van der Waals surface area contributed by atoms with Gasteiger partial charge in [0, 0.05) is 11.8 Å². The van der Waals surface area contributed by atoms with Gasteiger partial charge in [0.15, 0.2) is 6.29 Å². The minimum Gasteiger partial charge on any atom is -0.357 e. The second-order valence-electron chi connectivity index (χ2n) is 7.06. The lowest BCUT2D eigenvalue weighted by atomic mass is 9.76. The van der Waals surface area contributed by atoms with Crippen molar-refractivity contribution in [3.8, 4) is 0 Å². The molecule has 0 radical (unpaired) electrons. The minimum absolute atomic E-state index is 0.148. The van der Waals surface area contributed by atoms with Gasteiger partial charge in [0.2, 0.25) is 0 Å². The van der Waals surface area contributed by atoms with Gasteiger partial charge in [-0.3, -0.25) is 8.37 Å². The molecule has 0 N–H and O–H groups in total. The van der Waals surface area contributed by atoms with Gasteiger partial charge in [-0.25, -0.2) is 0 Å². The van der Waals surface area contributed by atoms with Gasteiger partial charge >= 0.3 is 0 Å². The van der Waals surface area contributed by atoms with Crippen LogP contribution in [0.3, 0.4) is 0 Å². The first kappa shape index (κ1) is 20.2. The van der Waals surface area contributed by atoms with E-state index in [4.69, 9.17) is 22.6 Å². The van der Waals surface area contributed by atoms with Gasteiger partial charge in [0.05, 0.1) is 44.0 Å². The Hall–Kier alpha value is -0.560. The van der Waals surface area contributed by atoms with Crippen LogP contribution in [0, 0.1) is 11.8 Å². The fourth-order valence-corrected chi connectivity index (χ4v) is 4.39. The van der Waals surface area contributed by atoms with E-state index in [2.05, 4.69) is 0 Å². The smallest absolute Gasteiger partial charge is 0.264 e. The Labute approximate surface area is 153 Å². The third-order valence-corrected chi connectivity index (χ3v) is 6.18. The highest BCUT2D eigenvalue weighted by molar-refractivity contribution is 7.86. The Balaban J connectivity index is 1.86. The van der Waals surface area contributed by atoms with Crippen molar-refractivity contribution < 1.29 is 39.4 Å². The predicted molar refractivity (Wildman–Crippen MR) is 90.2 cm³/mol. The van der Waals surface area contributed by atoms with Gasteiger partial charge in [0.1, 0.15) is 5.60 Å². The Morgan fingerprint density at radius 2 is 1.50 bits per heavy atom. The molecule has 0 unspecified atom stereocenters. The molecule has 2 fully saturated rings. The standard InChI is InChI=1S/C15H24O9S2/c1-9-10(2)23-14(22-9)15-6-5-13(24-15)11(7-20-25(3,16)17)12(15)8-21-26(4,18)19/h5-6,9-14H,7-8H2,1-4H3/t9-,10-,11-,12+,13-,15+/m1/s1. The summed E-state index contributed by atoms with van der Waals surface area (Å²) >= 11 is 0. The van der Waals surface area contributed by atoms with Crippen LogP contribution in [0.5, 0.6) is 0 Å². The topological polar surface area (TPSA) is 114 Å². The molecule has 2 saturated heterocycles. The van der Waals surface area contributed by atoms with Gasteiger partial charge in [-0.15, -0.1) is 0 Å². The average molecular weight is 412 g/mol. The van der Waals surface area contributed by atoms with Gasteiger partial charge in [0.25, 0.3) is 20.2 Å². The summed E-state index contributed by atoms with van der Waals surface area (Å²) in [5.74, 6) is -0.939. The molecule has 150 valence electrons. The molecule has 0 spiro atoms. The summed E-state index contributed by atoms with van der Waals surface area (Å²) in [7, 11) is -7.34. The second-order valence-corrected chi connectivity index (χ2v) is 10.3. The number of hydrogen-bond acceptors (Lipinski definition) is 9. The molecule has 11 heteroatoms. The van der Waals surface area contributed by atoms with Crippen LogP contribution in [0.2, 0.25) is 0 Å². The van der Waals surface area contributed by atoms with E-state index in [0.29, 0.717) is 0 Å². The van der Waals surface area contributed by atoms with E-state index in [1.165, 1.54) is 0 Å². The van der Waals surface area contributed by atoms with E-state index in [9.17, 15) is 16.8 Å². The third-order valence-electron chi connectivity index (χ3n) is 5.05. The molecule has 0 saturated carbocycles. The highest BCUT2D eigenvalue weighted by atomic mass is 32.2. The summed E-state index contributed by atoms with van der Waals surface area (Å²) in [6, 6.07) is 0. The van der Waals surface area contributed by atoms with Crippen molar-refractivity contribution in [1.82, 2.24) is 0 Å². The molecule has 6 atom stereocenters. The van der Waals surface area contributed by atoms with Crippen molar-refractivity contribution in [2.45, 2.75) is 44.1 Å². The zero-order valence-electron chi connectivity index (χ0n) is 15.0. The number of hydrogen-bond donors (Lipinski definition) is 0. The van der Waals surface area contributed by atoms with Crippen LogP contribution in [0.25, 0.3) is 0 Å². The maximum atomic E-state index is 11.5. The summed E-state index contributed by atoms with van der Waals surface area (Å²) < 4.78 is 73.5. The molecule has 2 bridgehead atoms. The number of ether oxygens (including phenoxy) is 3. The molecule has 0 amide bonds. The fraction of sp³-hybridized carbons (Fsp3) is 0.867. The maximum Gasteiger partial charge on any atom is 0.264 e. The number of rotatable bonds is 7.